The number of hydrogen-bond acceptors (Lipinski definition) is 7. The molecule has 56 heavy (non-hydrogen) atoms. The number of imidazole rings is 1. The second kappa shape index (κ2) is 14.3. The number of aryl methyl sites for hydroxylation is 2. The Bertz CT molecular complexity index is 2800. The van der Waals surface area contributed by atoms with Crippen molar-refractivity contribution in [1.29, 1.82) is 0 Å². The predicted molar refractivity (Wildman–Crippen MR) is 213 cm³/mol. The molecule has 3 aromatic carbocycles. The minimum absolute atomic E-state index is 0.0961. The fourth-order valence-electron chi connectivity index (χ4n) is 7.58. The van der Waals surface area contributed by atoms with Gasteiger partial charge in [-0.05, 0) is 83.5 Å². The fraction of sp³-hybridized carbons (Fsp3) is 0.205. The largest absolute Gasteiger partial charge is 0.350 e. The number of carbonyl (C=O) groups is 4. The van der Waals surface area contributed by atoms with Crippen molar-refractivity contribution >= 4 is 51.0 Å². The molecule has 2 aliphatic rings. The lowest BCUT2D eigenvalue weighted by Gasteiger charge is -2.29. The average molecular weight is 744 g/mol. The van der Waals surface area contributed by atoms with E-state index in [4.69, 9.17) is 4.98 Å². The highest BCUT2D eigenvalue weighted by atomic mass is 16.2. The third-order valence-corrected chi connectivity index (χ3v) is 10.5. The number of imide groups is 1. The Kier molecular flexibility index (Phi) is 9.14. The number of hydrogen-bond donors (Lipinski definition) is 2. The van der Waals surface area contributed by atoms with Crippen LogP contribution in [0.4, 0.5) is 0 Å². The molecule has 0 saturated carbocycles. The molecule has 0 spiro atoms. The second-order valence-electron chi connectivity index (χ2n) is 14.1. The molecule has 278 valence electrons. The normalized spacial score (nSPS) is 15.1. The van der Waals surface area contributed by atoms with Crippen molar-refractivity contribution in [3.05, 3.63) is 124 Å². The molecule has 6 aromatic rings. The Labute approximate surface area is 321 Å². The van der Waals surface area contributed by atoms with Crippen molar-refractivity contribution in [1.82, 2.24) is 34.6 Å². The van der Waals surface area contributed by atoms with Crippen molar-refractivity contribution in [3.8, 4) is 34.2 Å². The number of amides is 4. The van der Waals surface area contributed by atoms with Crippen LogP contribution in [0.1, 0.15) is 63.7 Å². The summed E-state index contributed by atoms with van der Waals surface area (Å²) in [5.74, 6) is 4.83. The van der Waals surface area contributed by atoms with E-state index in [9.17, 15) is 24.0 Å². The summed E-state index contributed by atoms with van der Waals surface area (Å²) in [6, 6.07) is 20.3. The molecule has 12 nitrogen and oxygen atoms in total. The van der Waals surface area contributed by atoms with E-state index in [1.165, 1.54) is 4.90 Å². The van der Waals surface area contributed by atoms with Crippen LogP contribution in [0.2, 0.25) is 0 Å². The van der Waals surface area contributed by atoms with E-state index in [-0.39, 0.29) is 42.1 Å². The summed E-state index contributed by atoms with van der Waals surface area (Å²) in [4.78, 5) is 73.5. The van der Waals surface area contributed by atoms with Crippen LogP contribution < -0.4 is 16.3 Å². The smallest absolute Gasteiger partial charge is 0.328 e. The molecule has 2 N–H and O–H groups in total. The third-order valence-electron chi connectivity index (χ3n) is 10.5. The van der Waals surface area contributed by atoms with E-state index in [1.807, 2.05) is 55.6 Å². The van der Waals surface area contributed by atoms with Crippen LogP contribution in [0.15, 0.2) is 90.5 Å². The Morgan fingerprint density at radius 3 is 2.52 bits per heavy atom. The van der Waals surface area contributed by atoms with E-state index < -0.39 is 11.9 Å². The molecule has 0 radical (unpaired) electrons. The zero-order valence-electron chi connectivity index (χ0n) is 31.1. The molecular formula is C44H37N7O5. The number of carbonyl (C=O) groups excluding carboxylic acids is 4. The molecule has 1 atom stereocenters. The summed E-state index contributed by atoms with van der Waals surface area (Å²) in [6.45, 7) is 6.65. The van der Waals surface area contributed by atoms with Gasteiger partial charge in [-0.3, -0.25) is 43.6 Å². The first-order chi connectivity index (χ1) is 27.0. The van der Waals surface area contributed by atoms with Crippen molar-refractivity contribution in [3.63, 3.8) is 0 Å². The SMILES string of the molecule is C=C(C)c1cc(-c2cccc3cc(-c4ccc(C(=O)NCCC#Cc5cccc6c5CN(C5CCC(=O)NC5=O)C6=O)nc4)ncc23)cc2c1n(C)c(=O)n2C. The van der Waals surface area contributed by atoms with Crippen LogP contribution in [0.3, 0.4) is 0 Å². The van der Waals surface area contributed by atoms with E-state index in [0.717, 1.165) is 55.2 Å². The highest BCUT2D eigenvalue weighted by Crippen LogP contribution is 2.35. The molecule has 1 saturated heterocycles. The van der Waals surface area contributed by atoms with Crippen LogP contribution in [-0.2, 0) is 30.2 Å². The molecule has 0 bridgehead atoms. The van der Waals surface area contributed by atoms with Gasteiger partial charge in [-0.25, -0.2) is 4.79 Å². The molecule has 1 fully saturated rings. The maximum atomic E-state index is 13.1. The lowest BCUT2D eigenvalue weighted by Crippen LogP contribution is -2.52. The monoisotopic (exact) mass is 743 g/mol. The number of fused-ring (bicyclic) bond motifs is 3. The van der Waals surface area contributed by atoms with Crippen molar-refractivity contribution in [2.24, 2.45) is 14.1 Å². The van der Waals surface area contributed by atoms with Gasteiger partial charge in [-0.1, -0.05) is 42.7 Å². The van der Waals surface area contributed by atoms with E-state index >= 15 is 0 Å². The molecule has 1 unspecified atom stereocenters. The molecule has 12 heteroatoms. The van der Waals surface area contributed by atoms with Crippen LogP contribution in [0.5, 0.6) is 0 Å². The summed E-state index contributed by atoms with van der Waals surface area (Å²) in [5.41, 5.74) is 8.97. The predicted octanol–water partition coefficient (Wildman–Crippen LogP) is 5.12. The topological polar surface area (TPSA) is 148 Å². The zero-order chi connectivity index (χ0) is 39.2. The maximum absolute atomic E-state index is 13.1. The fourth-order valence-corrected chi connectivity index (χ4v) is 7.58. The van der Waals surface area contributed by atoms with Gasteiger partial charge in [0, 0.05) is 80.1 Å². The summed E-state index contributed by atoms with van der Waals surface area (Å²) in [7, 11) is 3.55. The number of nitrogens with one attached hydrogen (secondary N) is 2. The number of benzene rings is 3. The van der Waals surface area contributed by atoms with Gasteiger partial charge in [0.15, 0.2) is 0 Å². The van der Waals surface area contributed by atoms with Gasteiger partial charge in [0.1, 0.15) is 11.7 Å². The van der Waals surface area contributed by atoms with Crippen LogP contribution >= 0.6 is 0 Å². The number of pyridine rings is 2. The maximum Gasteiger partial charge on any atom is 0.328 e. The molecule has 2 aliphatic heterocycles. The Hall–Kier alpha value is -7.13. The van der Waals surface area contributed by atoms with Gasteiger partial charge < -0.3 is 10.2 Å². The zero-order valence-corrected chi connectivity index (χ0v) is 31.1. The summed E-state index contributed by atoms with van der Waals surface area (Å²) < 4.78 is 3.31. The van der Waals surface area contributed by atoms with E-state index in [1.54, 1.807) is 47.6 Å². The molecule has 8 rings (SSSR count). The number of allylic oxidation sites excluding steroid dienone is 1. The van der Waals surface area contributed by atoms with E-state index in [2.05, 4.69) is 40.1 Å². The first kappa shape index (κ1) is 35.9. The van der Waals surface area contributed by atoms with Crippen LogP contribution in [0.25, 0.3) is 49.8 Å². The lowest BCUT2D eigenvalue weighted by atomic mass is 9.95. The third kappa shape index (κ3) is 6.32. The Balaban J connectivity index is 0.928. The van der Waals surface area contributed by atoms with Gasteiger partial charge in [0.25, 0.3) is 11.8 Å². The van der Waals surface area contributed by atoms with Crippen LogP contribution in [0, 0.1) is 11.8 Å². The number of nitrogens with zero attached hydrogens (tertiary/aromatic N) is 5. The minimum Gasteiger partial charge on any atom is -0.350 e. The van der Waals surface area contributed by atoms with Crippen molar-refractivity contribution in [2.75, 3.05) is 6.54 Å². The standard InChI is InChI=1S/C44H37N7O5/c1-25(2)32-19-29(21-38-40(32)50(4)44(56)49(38)3)30-12-8-11-27-20-36(47-23-33(27)30)28-14-15-35(46-22-28)41(53)45-18-6-5-9-26-10-7-13-31-34(26)24-51(43(31)55)37-16-17-39(52)48-42(37)54/h7-8,10-15,19-23,37H,1,6,16-18,24H2,2-4H3,(H,45,53)(H,48,52,54). The average Bonchev–Trinajstić information content (AvgIpc) is 3.65. The highest BCUT2D eigenvalue weighted by molar-refractivity contribution is 6.06. The molecule has 4 amide bonds. The van der Waals surface area contributed by atoms with Gasteiger partial charge in [0.2, 0.25) is 11.8 Å². The molecule has 3 aromatic heterocycles. The quantitative estimate of drug-likeness (QED) is 0.131. The second-order valence-corrected chi connectivity index (χ2v) is 14.1. The highest BCUT2D eigenvalue weighted by Gasteiger charge is 2.39. The Morgan fingerprint density at radius 2 is 1.75 bits per heavy atom. The number of piperidine rings is 1. The van der Waals surface area contributed by atoms with Gasteiger partial charge in [-0.2, -0.15) is 0 Å². The number of aromatic nitrogens is 4. The minimum atomic E-state index is -0.693. The van der Waals surface area contributed by atoms with Gasteiger partial charge >= 0.3 is 5.69 Å². The summed E-state index contributed by atoms with van der Waals surface area (Å²) >= 11 is 0. The lowest BCUT2D eigenvalue weighted by molar-refractivity contribution is -0.136. The van der Waals surface area contributed by atoms with Gasteiger partial charge in [-0.15, -0.1) is 0 Å². The number of rotatable bonds is 7. The first-order valence-electron chi connectivity index (χ1n) is 18.2. The van der Waals surface area contributed by atoms with Crippen molar-refractivity contribution in [2.45, 2.75) is 38.8 Å². The Morgan fingerprint density at radius 1 is 0.946 bits per heavy atom. The van der Waals surface area contributed by atoms with Gasteiger partial charge in [0.05, 0.1) is 16.7 Å². The first-order valence-corrected chi connectivity index (χ1v) is 18.2. The summed E-state index contributed by atoms with van der Waals surface area (Å²) in [5, 5.41) is 7.11. The molecular weight excluding hydrogens is 707 g/mol. The molecule has 0 aliphatic carbocycles. The summed E-state index contributed by atoms with van der Waals surface area (Å²) in [6.07, 6.45) is 4.32. The van der Waals surface area contributed by atoms with Crippen molar-refractivity contribution < 1.29 is 19.2 Å². The molecule has 5 heterocycles. The van der Waals surface area contributed by atoms with E-state index in [0.29, 0.717) is 36.2 Å². The van der Waals surface area contributed by atoms with Crippen LogP contribution in [-0.4, -0.2) is 60.2 Å².